The Kier molecular flexibility index (Phi) is 3.54. The monoisotopic (exact) mass is 351 g/mol. The summed E-state index contributed by atoms with van der Waals surface area (Å²) in [6.07, 6.45) is 3.86. The van der Waals surface area contributed by atoms with Crippen LogP contribution in [0.3, 0.4) is 0 Å². The molecule has 0 aliphatic carbocycles. The molecule has 0 aliphatic rings. The van der Waals surface area contributed by atoms with E-state index < -0.39 is 0 Å². The van der Waals surface area contributed by atoms with Crippen molar-refractivity contribution < 1.29 is 8.98 Å². The number of fused-ring (bicyclic) bond motifs is 3. The molecule has 0 fully saturated rings. The number of hydrogen-bond donors (Lipinski definition) is 0. The van der Waals surface area contributed by atoms with Gasteiger partial charge in [-0.05, 0) is 52.9 Å². The summed E-state index contributed by atoms with van der Waals surface area (Å²) in [4.78, 5) is 4.53. The maximum atomic E-state index is 5.95. The number of benzene rings is 3. The number of nitrogens with zero attached hydrogens (tertiary/aromatic N) is 2. The number of hydrogen-bond acceptors (Lipinski definition) is 2. The lowest BCUT2D eigenvalue weighted by Crippen LogP contribution is -2.31. The molecule has 0 saturated carbocycles. The normalized spacial score (nSPS) is 11.3. The van der Waals surface area contributed by atoms with Gasteiger partial charge in [0.1, 0.15) is 17.4 Å². The van der Waals surface area contributed by atoms with Crippen LogP contribution >= 0.6 is 0 Å². The minimum atomic E-state index is 0.925. The molecule has 0 N–H and O–H groups in total. The quantitative estimate of drug-likeness (QED) is 0.396. The summed E-state index contributed by atoms with van der Waals surface area (Å²) in [5.41, 5.74) is 6.60. The highest BCUT2D eigenvalue weighted by Gasteiger charge is 2.15. The second-order valence-electron chi connectivity index (χ2n) is 6.89. The molecular formula is C24H19N2O+. The first-order chi connectivity index (χ1) is 13.2. The molecule has 3 heteroatoms. The minimum Gasteiger partial charge on any atom is -0.456 e. The first kappa shape index (κ1) is 15.8. The Labute approximate surface area is 157 Å². The van der Waals surface area contributed by atoms with Crippen molar-refractivity contribution in [3.63, 3.8) is 0 Å². The largest absolute Gasteiger partial charge is 0.456 e. The second-order valence-corrected chi connectivity index (χ2v) is 6.89. The maximum absolute atomic E-state index is 5.95. The molecule has 2 aromatic heterocycles. The summed E-state index contributed by atoms with van der Waals surface area (Å²) in [7, 11) is 2.02. The molecule has 27 heavy (non-hydrogen) atoms. The third-order valence-electron chi connectivity index (χ3n) is 5.10. The van der Waals surface area contributed by atoms with Crippen LogP contribution in [0.5, 0.6) is 0 Å². The lowest BCUT2D eigenvalue weighted by atomic mass is 9.98. The minimum absolute atomic E-state index is 0.925. The Morgan fingerprint density at radius 2 is 1.59 bits per heavy atom. The SMILES string of the molecule is Cc1cc(-c2ccc3oc4ccccc4c3c2)ccc1-c1nccc[n+]1C. The second kappa shape index (κ2) is 6.06. The Bertz CT molecular complexity index is 1300. The molecule has 5 rings (SSSR count). The molecule has 130 valence electrons. The Balaban J connectivity index is 1.63. The predicted molar refractivity (Wildman–Crippen MR) is 108 cm³/mol. The molecule has 2 heterocycles. The number of furan rings is 1. The molecule has 0 aliphatic heterocycles. The summed E-state index contributed by atoms with van der Waals surface area (Å²) in [5.74, 6) is 0.970. The van der Waals surface area contributed by atoms with E-state index in [1.807, 2.05) is 42.2 Å². The van der Waals surface area contributed by atoms with Gasteiger partial charge in [-0.2, -0.15) is 0 Å². The molecule has 0 saturated heterocycles. The zero-order valence-corrected chi connectivity index (χ0v) is 15.3. The molecule has 0 unspecified atom stereocenters. The third-order valence-corrected chi connectivity index (χ3v) is 5.10. The highest BCUT2D eigenvalue weighted by Crippen LogP contribution is 2.33. The summed E-state index contributed by atoms with van der Waals surface area (Å²) in [6.45, 7) is 2.14. The third kappa shape index (κ3) is 2.59. The van der Waals surface area contributed by atoms with Gasteiger partial charge in [0.25, 0.3) is 0 Å². The van der Waals surface area contributed by atoms with Crippen molar-refractivity contribution in [2.24, 2.45) is 7.05 Å². The highest BCUT2D eigenvalue weighted by atomic mass is 16.3. The standard InChI is InChI=1S/C24H19N2O/c1-16-14-17(8-10-19(16)24-25-12-5-13-26(24)2)18-9-11-23-21(15-18)20-6-3-4-7-22(20)27-23/h3-15H,1-2H3/q+1. The first-order valence-corrected chi connectivity index (χ1v) is 9.04. The average Bonchev–Trinajstić information content (AvgIpc) is 3.06. The van der Waals surface area contributed by atoms with Crippen LogP contribution in [0.1, 0.15) is 5.56 Å². The summed E-state index contributed by atoms with van der Waals surface area (Å²) in [5, 5.41) is 2.31. The predicted octanol–water partition coefficient (Wildman–Crippen LogP) is 5.45. The highest BCUT2D eigenvalue weighted by molar-refractivity contribution is 6.06. The van der Waals surface area contributed by atoms with E-state index >= 15 is 0 Å². The average molecular weight is 351 g/mol. The van der Waals surface area contributed by atoms with Crippen LogP contribution in [0.15, 0.2) is 83.5 Å². The molecule has 0 atom stereocenters. The van der Waals surface area contributed by atoms with E-state index in [2.05, 4.69) is 60.4 Å². The van der Waals surface area contributed by atoms with Crippen LogP contribution in [0.4, 0.5) is 0 Å². The van der Waals surface area contributed by atoms with Crippen LogP contribution in [0, 0.1) is 6.92 Å². The van der Waals surface area contributed by atoms with E-state index in [0.717, 1.165) is 33.3 Å². The summed E-state index contributed by atoms with van der Waals surface area (Å²) < 4.78 is 7.99. The molecule has 0 amide bonds. The smallest absolute Gasteiger partial charge is 0.330 e. The van der Waals surface area contributed by atoms with Gasteiger partial charge >= 0.3 is 5.82 Å². The first-order valence-electron chi connectivity index (χ1n) is 9.04. The summed E-state index contributed by atoms with van der Waals surface area (Å²) in [6, 6.07) is 23.1. The number of rotatable bonds is 2. The molecule has 0 radical (unpaired) electrons. The topological polar surface area (TPSA) is 29.9 Å². The van der Waals surface area contributed by atoms with Gasteiger partial charge in [0.2, 0.25) is 0 Å². The number of aromatic nitrogens is 2. The van der Waals surface area contributed by atoms with Crippen LogP contribution in [-0.4, -0.2) is 4.98 Å². The van der Waals surface area contributed by atoms with Crippen molar-refractivity contribution in [3.8, 4) is 22.5 Å². The fraction of sp³-hybridized carbons (Fsp3) is 0.0833. The van der Waals surface area contributed by atoms with Crippen molar-refractivity contribution in [2.75, 3.05) is 0 Å². The van der Waals surface area contributed by atoms with E-state index in [9.17, 15) is 0 Å². The molecule has 3 nitrogen and oxygen atoms in total. The van der Waals surface area contributed by atoms with Gasteiger partial charge in [-0.25, -0.2) is 4.57 Å². The number of para-hydroxylation sites is 1. The number of aryl methyl sites for hydroxylation is 2. The van der Waals surface area contributed by atoms with Crippen LogP contribution < -0.4 is 4.57 Å². The summed E-state index contributed by atoms with van der Waals surface area (Å²) >= 11 is 0. The van der Waals surface area contributed by atoms with Crippen LogP contribution in [-0.2, 0) is 7.05 Å². The van der Waals surface area contributed by atoms with Crippen molar-refractivity contribution in [2.45, 2.75) is 6.92 Å². The Hall–Kier alpha value is -3.46. The van der Waals surface area contributed by atoms with E-state index in [1.54, 1.807) is 0 Å². The van der Waals surface area contributed by atoms with Crippen molar-refractivity contribution in [1.82, 2.24) is 4.98 Å². The van der Waals surface area contributed by atoms with Gasteiger partial charge in [-0.15, -0.1) is 0 Å². The fourth-order valence-electron chi connectivity index (χ4n) is 3.70. The van der Waals surface area contributed by atoms with Crippen LogP contribution in [0.25, 0.3) is 44.5 Å². The lowest BCUT2D eigenvalue weighted by molar-refractivity contribution is -0.663. The van der Waals surface area contributed by atoms with Gasteiger partial charge in [0.05, 0.1) is 18.8 Å². The van der Waals surface area contributed by atoms with E-state index in [0.29, 0.717) is 0 Å². The van der Waals surface area contributed by atoms with Crippen LogP contribution in [0.2, 0.25) is 0 Å². The zero-order chi connectivity index (χ0) is 18.4. The zero-order valence-electron chi connectivity index (χ0n) is 15.3. The lowest BCUT2D eigenvalue weighted by Gasteiger charge is -2.07. The Morgan fingerprint density at radius 3 is 2.44 bits per heavy atom. The van der Waals surface area contributed by atoms with Gasteiger partial charge in [-0.3, -0.25) is 0 Å². The molecule has 0 spiro atoms. The molecule has 0 bridgehead atoms. The van der Waals surface area contributed by atoms with E-state index in [-0.39, 0.29) is 0 Å². The Morgan fingerprint density at radius 1 is 0.815 bits per heavy atom. The molecule has 3 aromatic carbocycles. The fourth-order valence-corrected chi connectivity index (χ4v) is 3.70. The van der Waals surface area contributed by atoms with Gasteiger partial charge < -0.3 is 4.42 Å². The van der Waals surface area contributed by atoms with Gasteiger partial charge in [-0.1, -0.05) is 36.4 Å². The molecular weight excluding hydrogens is 332 g/mol. The van der Waals surface area contributed by atoms with Gasteiger partial charge in [0, 0.05) is 16.8 Å². The van der Waals surface area contributed by atoms with Gasteiger partial charge in [0.15, 0.2) is 0 Å². The van der Waals surface area contributed by atoms with Crippen molar-refractivity contribution in [3.05, 3.63) is 84.7 Å². The van der Waals surface area contributed by atoms with Crippen molar-refractivity contribution in [1.29, 1.82) is 0 Å². The van der Waals surface area contributed by atoms with E-state index in [1.165, 1.54) is 16.7 Å². The van der Waals surface area contributed by atoms with E-state index in [4.69, 9.17) is 4.42 Å². The maximum Gasteiger partial charge on any atom is 0.330 e. The molecule has 5 aromatic rings. The van der Waals surface area contributed by atoms with Crippen molar-refractivity contribution >= 4 is 21.9 Å².